The minimum Gasteiger partial charge on any atom is -0.298 e. The lowest BCUT2D eigenvalue weighted by molar-refractivity contribution is -0.105. The lowest BCUT2D eigenvalue weighted by Crippen LogP contribution is -2.05. The van der Waals surface area contributed by atoms with Crippen molar-refractivity contribution < 1.29 is 4.79 Å². The van der Waals surface area contributed by atoms with E-state index in [-0.39, 0.29) is 0 Å². The summed E-state index contributed by atoms with van der Waals surface area (Å²) >= 11 is 0. The second-order valence-corrected chi connectivity index (χ2v) is 2.87. The molecule has 0 aromatic carbocycles. The van der Waals surface area contributed by atoms with Crippen molar-refractivity contribution in [1.82, 2.24) is 0 Å². The molecule has 60 valence electrons. The molecule has 11 heavy (non-hydrogen) atoms. The monoisotopic (exact) mass is 150 g/mol. The van der Waals surface area contributed by atoms with Crippen LogP contribution in [0.25, 0.3) is 0 Å². The lowest BCUT2D eigenvalue weighted by atomic mass is 9.90. The summed E-state index contributed by atoms with van der Waals surface area (Å²) in [5.41, 5.74) is 0.931. The molecular weight excluding hydrogens is 136 g/mol. The first kappa shape index (κ1) is 8.25. The van der Waals surface area contributed by atoms with Crippen LogP contribution in [0.4, 0.5) is 0 Å². The average Bonchev–Trinajstić information content (AvgIpc) is 2.09. The highest BCUT2D eigenvalue weighted by molar-refractivity contribution is 5.74. The minimum atomic E-state index is 0.395. The maximum absolute atomic E-state index is 10.5. The second kappa shape index (κ2) is 4.12. The molecule has 0 aromatic rings. The zero-order chi connectivity index (χ0) is 8.10. The summed E-state index contributed by atoms with van der Waals surface area (Å²) < 4.78 is 0. The van der Waals surface area contributed by atoms with Gasteiger partial charge in [-0.25, -0.2) is 0 Å². The highest BCUT2D eigenvalue weighted by Gasteiger charge is 2.11. The van der Waals surface area contributed by atoms with E-state index in [1.807, 2.05) is 13.0 Å². The first-order valence-electron chi connectivity index (χ1n) is 4.16. The Balaban J connectivity index is 2.64. The van der Waals surface area contributed by atoms with Gasteiger partial charge in [-0.05, 0) is 31.8 Å². The van der Waals surface area contributed by atoms with Gasteiger partial charge in [-0.15, -0.1) is 0 Å². The van der Waals surface area contributed by atoms with Crippen molar-refractivity contribution >= 4 is 6.29 Å². The van der Waals surface area contributed by atoms with Crippen LogP contribution < -0.4 is 0 Å². The third kappa shape index (κ3) is 2.04. The molecule has 0 N–H and O–H groups in total. The summed E-state index contributed by atoms with van der Waals surface area (Å²) in [6, 6.07) is 0. The van der Waals surface area contributed by atoms with E-state index in [0.717, 1.165) is 18.3 Å². The van der Waals surface area contributed by atoms with Gasteiger partial charge < -0.3 is 0 Å². The van der Waals surface area contributed by atoms with Gasteiger partial charge in [-0.1, -0.05) is 18.2 Å². The fourth-order valence-electron chi connectivity index (χ4n) is 1.46. The highest BCUT2D eigenvalue weighted by Crippen LogP contribution is 2.22. The van der Waals surface area contributed by atoms with Gasteiger partial charge in [0.25, 0.3) is 0 Å². The molecule has 1 rings (SSSR count). The van der Waals surface area contributed by atoms with Crippen LogP contribution >= 0.6 is 0 Å². The first-order chi connectivity index (χ1) is 5.38. The quantitative estimate of drug-likeness (QED) is 0.336. The van der Waals surface area contributed by atoms with Crippen molar-refractivity contribution in [1.29, 1.82) is 0 Å². The molecule has 1 nitrogen and oxygen atoms in total. The van der Waals surface area contributed by atoms with Crippen LogP contribution in [0.5, 0.6) is 0 Å². The largest absolute Gasteiger partial charge is 0.298 e. The molecule has 0 heterocycles. The predicted octanol–water partition coefficient (Wildman–Crippen LogP) is 2.49. The van der Waals surface area contributed by atoms with Crippen LogP contribution in [-0.2, 0) is 4.79 Å². The molecule has 1 unspecified atom stereocenters. The Kier molecular flexibility index (Phi) is 3.09. The Morgan fingerprint density at radius 3 is 2.91 bits per heavy atom. The Morgan fingerprint density at radius 1 is 1.64 bits per heavy atom. The van der Waals surface area contributed by atoms with Gasteiger partial charge in [0.1, 0.15) is 6.29 Å². The molecule has 0 spiro atoms. The van der Waals surface area contributed by atoms with Crippen molar-refractivity contribution in [2.75, 3.05) is 0 Å². The van der Waals surface area contributed by atoms with E-state index in [9.17, 15) is 4.79 Å². The molecule has 1 aliphatic rings. The van der Waals surface area contributed by atoms with Crippen molar-refractivity contribution in [3.8, 4) is 0 Å². The Morgan fingerprint density at radius 2 is 2.45 bits per heavy atom. The Hall–Kier alpha value is -0.850. The molecule has 0 radical (unpaired) electrons. The average molecular weight is 150 g/mol. The highest BCUT2D eigenvalue weighted by atomic mass is 16.1. The molecule has 0 amide bonds. The lowest BCUT2D eigenvalue weighted by Gasteiger charge is -2.15. The predicted molar refractivity (Wildman–Crippen MR) is 46.3 cm³/mol. The second-order valence-electron chi connectivity index (χ2n) is 2.87. The zero-order valence-electron chi connectivity index (χ0n) is 6.92. The van der Waals surface area contributed by atoms with E-state index in [0.29, 0.717) is 5.92 Å². The molecule has 0 bridgehead atoms. The summed E-state index contributed by atoms with van der Waals surface area (Å²) in [6.07, 6.45) is 10.7. The van der Waals surface area contributed by atoms with Crippen LogP contribution in [0.2, 0.25) is 0 Å². The summed E-state index contributed by atoms with van der Waals surface area (Å²) in [4.78, 5) is 10.5. The topological polar surface area (TPSA) is 17.1 Å². The maximum atomic E-state index is 10.5. The number of hydrogen-bond acceptors (Lipinski definition) is 1. The van der Waals surface area contributed by atoms with E-state index in [2.05, 4.69) is 12.2 Å². The van der Waals surface area contributed by atoms with Crippen molar-refractivity contribution in [2.24, 2.45) is 5.92 Å². The van der Waals surface area contributed by atoms with Gasteiger partial charge in [0.05, 0.1) is 0 Å². The standard InChI is InChI=1S/C10H14O/c1-2-9(8-11)10-6-4-3-5-7-10/h2,4,6,8,10H,3,5,7H2,1H3. The number of carbonyl (C=O) groups excluding carboxylic acids is 1. The van der Waals surface area contributed by atoms with Crippen LogP contribution in [-0.4, -0.2) is 6.29 Å². The molecule has 0 saturated heterocycles. The van der Waals surface area contributed by atoms with Gasteiger partial charge >= 0.3 is 0 Å². The van der Waals surface area contributed by atoms with Gasteiger partial charge in [0.2, 0.25) is 0 Å². The molecule has 0 aliphatic heterocycles. The van der Waals surface area contributed by atoms with Crippen LogP contribution in [0.1, 0.15) is 26.2 Å². The third-order valence-electron chi connectivity index (χ3n) is 2.15. The van der Waals surface area contributed by atoms with Gasteiger partial charge in [0.15, 0.2) is 0 Å². The van der Waals surface area contributed by atoms with E-state index >= 15 is 0 Å². The van der Waals surface area contributed by atoms with Gasteiger partial charge in [0, 0.05) is 5.92 Å². The first-order valence-corrected chi connectivity index (χ1v) is 4.16. The molecule has 0 fully saturated rings. The smallest absolute Gasteiger partial charge is 0.146 e. The van der Waals surface area contributed by atoms with E-state index in [1.165, 1.54) is 12.8 Å². The van der Waals surface area contributed by atoms with Gasteiger partial charge in [-0.2, -0.15) is 0 Å². The number of aldehydes is 1. The van der Waals surface area contributed by atoms with Crippen LogP contribution in [0.15, 0.2) is 23.8 Å². The summed E-state index contributed by atoms with van der Waals surface area (Å²) in [7, 11) is 0. The molecule has 1 aliphatic carbocycles. The maximum Gasteiger partial charge on any atom is 0.146 e. The summed E-state index contributed by atoms with van der Waals surface area (Å²) in [5.74, 6) is 0.395. The summed E-state index contributed by atoms with van der Waals surface area (Å²) in [5, 5.41) is 0. The number of carbonyl (C=O) groups is 1. The molecule has 0 saturated carbocycles. The fraction of sp³-hybridized carbons (Fsp3) is 0.500. The number of allylic oxidation sites excluding steroid dienone is 4. The Bertz CT molecular complexity index is 189. The minimum absolute atomic E-state index is 0.395. The van der Waals surface area contributed by atoms with Crippen molar-refractivity contribution in [3.63, 3.8) is 0 Å². The normalized spacial score (nSPS) is 25.2. The molecule has 1 atom stereocenters. The fourth-order valence-corrected chi connectivity index (χ4v) is 1.46. The number of hydrogen-bond donors (Lipinski definition) is 0. The van der Waals surface area contributed by atoms with Crippen molar-refractivity contribution in [2.45, 2.75) is 26.2 Å². The molecular formula is C10H14O. The van der Waals surface area contributed by atoms with E-state index < -0.39 is 0 Å². The van der Waals surface area contributed by atoms with E-state index in [4.69, 9.17) is 0 Å². The van der Waals surface area contributed by atoms with Gasteiger partial charge in [-0.3, -0.25) is 4.79 Å². The third-order valence-corrected chi connectivity index (χ3v) is 2.15. The molecule has 1 heteroatoms. The zero-order valence-corrected chi connectivity index (χ0v) is 6.92. The van der Waals surface area contributed by atoms with Crippen LogP contribution in [0.3, 0.4) is 0 Å². The SMILES string of the molecule is CC=C(C=O)C1C=CCCC1. The molecule has 0 aromatic heterocycles. The number of rotatable bonds is 2. The Labute approximate surface area is 67.8 Å². The summed E-state index contributed by atoms with van der Waals surface area (Å²) in [6.45, 7) is 1.92. The van der Waals surface area contributed by atoms with Crippen LogP contribution in [0, 0.1) is 5.92 Å². The van der Waals surface area contributed by atoms with Crippen molar-refractivity contribution in [3.05, 3.63) is 23.8 Å². The van der Waals surface area contributed by atoms with E-state index in [1.54, 1.807) is 0 Å².